The Balaban J connectivity index is 1.87. The SMILES string of the molecule is CCOC(=O)c1ccc(N=Cc2cc([N+](=O)[O-])ccc2Sc2ccc(C)cc2)cc1. The Kier molecular flexibility index (Phi) is 6.98. The van der Waals surface area contributed by atoms with Gasteiger partial charge in [0.05, 0.1) is 22.8 Å². The summed E-state index contributed by atoms with van der Waals surface area (Å²) in [5.41, 5.74) is 2.88. The number of nitro groups is 1. The van der Waals surface area contributed by atoms with Crippen molar-refractivity contribution in [3.63, 3.8) is 0 Å². The van der Waals surface area contributed by atoms with E-state index in [-0.39, 0.29) is 11.7 Å². The van der Waals surface area contributed by atoms with Crippen molar-refractivity contribution >= 4 is 35.3 Å². The minimum absolute atomic E-state index is 0.00219. The number of benzene rings is 3. The molecule has 6 nitrogen and oxygen atoms in total. The third-order valence-electron chi connectivity index (χ3n) is 4.18. The molecule has 0 heterocycles. The topological polar surface area (TPSA) is 81.8 Å². The lowest BCUT2D eigenvalue weighted by atomic mass is 10.2. The first-order valence-electron chi connectivity index (χ1n) is 9.30. The number of aliphatic imine (C=N–C) groups is 1. The smallest absolute Gasteiger partial charge is 0.338 e. The highest BCUT2D eigenvalue weighted by atomic mass is 32.2. The fraction of sp³-hybridized carbons (Fsp3) is 0.130. The van der Waals surface area contributed by atoms with E-state index in [2.05, 4.69) is 4.99 Å². The maximum absolute atomic E-state index is 11.7. The average Bonchev–Trinajstić information content (AvgIpc) is 2.75. The highest BCUT2D eigenvalue weighted by Gasteiger charge is 2.11. The first kappa shape index (κ1) is 21.3. The molecule has 152 valence electrons. The molecule has 0 N–H and O–H groups in total. The van der Waals surface area contributed by atoms with Gasteiger partial charge in [-0.25, -0.2) is 4.79 Å². The van der Waals surface area contributed by atoms with Crippen LogP contribution in [0.4, 0.5) is 11.4 Å². The highest BCUT2D eigenvalue weighted by molar-refractivity contribution is 7.99. The molecule has 0 aliphatic heterocycles. The summed E-state index contributed by atoms with van der Waals surface area (Å²) in [6.45, 7) is 4.08. The van der Waals surface area contributed by atoms with E-state index in [9.17, 15) is 14.9 Å². The molecule has 30 heavy (non-hydrogen) atoms. The van der Waals surface area contributed by atoms with Gasteiger partial charge in [0.2, 0.25) is 0 Å². The van der Waals surface area contributed by atoms with Gasteiger partial charge < -0.3 is 4.74 Å². The predicted octanol–water partition coefficient (Wildman–Crippen LogP) is 5.98. The number of nitrogens with zero attached hydrogens (tertiary/aromatic N) is 2. The molecule has 3 rings (SSSR count). The van der Waals surface area contributed by atoms with Gasteiger partial charge in [-0.15, -0.1) is 0 Å². The van der Waals surface area contributed by atoms with Crippen molar-refractivity contribution in [3.8, 4) is 0 Å². The second-order valence-electron chi connectivity index (χ2n) is 6.42. The summed E-state index contributed by atoms with van der Waals surface area (Å²) in [6.07, 6.45) is 1.60. The average molecular weight is 420 g/mol. The Hall–Kier alpha value is -3.45. The van der Waals surface area contributed by atoms with Crippen LogP contribution < -0.4 is 0 Å². The summed E-state index contributed by atoms with van der Waals surface area (Å²) in [7, 11) is 0. The summed E-state index contributed by atoms with van der Waals surface area (Å²) in [5.74, 6) is -0.386. The van der Waals surface area contributed by atoms with E-state index in [1.54, 1.807) is 43.5 Å². The molecule has 0 fully saturated rings. The summed E-state index contributed by atoms with van der Waals surface area (Å²) in [6, 6.07) is 19.5. The molecule has 0 saturated heterocycles. The monoisotopic (exact) mass is 420 g/mol. The van der Waals surface area contributed by atoms with Crippen LogP contribution in [0.1, 0.15) is 28.4 Å². The number of carbonyl (C=O) groups is 1. The Morgan fingerprint density at radius 1 is 1.10 bits per heavy atom. The minimum Gasteiger partial charge on any atom is -0.462 e. The molecular weight excluding hydrogens is 400 g/mol. The van der Waals surface area contributed by atoms with Crippen molar-refractivity contribution in [2.45, 2.75) is 23.6 Å². The van der Waals surface area contributed by atoms with Crippen LogP contribution in [0, 0.1) is 17.0 Å². The van der Waals surface area contributed by atoms with Crippen molar-refractivity contribution in [1.82, 2.24) is 0 Å². The fourth-order valence-electron chi connectivity index (χ4n) is 2.62. The molecule has 0 radical (unpaired) electrons. The molecule has 0 unspecified atom stereocenters. The maximum Gasteiger partial charge on any atom is 0.338 e. The zero-order chi connectivity index (χ0) is 21.5. The number of nitro benzene ring substituents is 1. The van der Waals surface area contributed by atoms with Gasteiger partial charge in [-0.3, -0.25) is 15.1 Å². The van der Waals surface area contributed by atoms with Crippen molar-refractivity contribution in [2.75, 3.05) is 6.61 Å². The van der Waals surface area contributed by atoms with E-state index in [0.717, 1.165) is 15.4 Å². The van der Waals surface area contributed by atoms with E-state index >= 15 is 0 Å². The molecule has 7 heteroatoms. The molecule has 0 aliphatic rings. The second kappa shape index (κ2) is 9.84. The Bertz CT molecular complexity index is 1080. The third kappa shape index (κ3) is 5.55. The quantitative estimate of drug-likeness (QED) is 0.203. The maximum atomic E-state index is 11.7. The molecule has 3 aromatic rings. The summed E-state index contributed by atoms with van der Waals surface area (Å²) in [4.78, 5) is 28.8. The number of aryl methyl sites for hydroxylation is 1. The summed E-state index contributed by atoms with van der Waals surface area (Å²) >= 11 is 1.52. The predicted molar refractivity (Wildman–Crippen MR) is 118 cm³/mol. The highest BCUT2D eigenvalue weighted by Crippen LogP contribution is 2.32. The number of esters is 1. The van der Waals surface area contributed by atoms with Crippen LogP contribution in [-0.4, -0.2) is 23.7 Å². The second-order valence-corrected chi connectivity index (χ2v) is 7.54. The first-order chi connectivity index (χ1) is 14.5. The lowest BCUT2D eigenvalue weighted by Crippen LogP contribution is -2.03. The minimum atomic E-state index is -0.425. The van der Waals surface area contributed by atoms with Gasteiger partial charge in [0.15, 0.2) is 0 Å². The zero-order valence-electron chi connectivity index (χ0n) is 16.6. The Labute approximate surface area is 178 Å². The molecule has 0 amide bonds. The number of non-ortho nitro benzene ring substituents is 1. The summed E-state index contributed by atoms with van der Waals surface area (Å²) in [5, 5.41) is 11.2. The molecule has 0 aromatic heterocycles. The first-order valence-corrected chi connectivity index (χ1v) is 10.1. The van der Waals surface area contributed by atoms with Crippen LogP contribution >= 0.6 is 11.8 Å². The van der Waals surface area contributed by atoms with Crippen LogP contribution in [0.3, 0.4) is 0 Å². The zero-order valence-corrected chi connectivity index (χ0v) is 17.4. The van der Waals surface area contributed by atoms with Gasteiger partial charge in [-0.05, 0) is 56.3 Å². The van der Waals surface area contributed by atoms with Crippen LogP contribution in [-0.2, 0) is 4.74 Å². The van der Waals surface area contributed by atoms with E-state index in [1.807, 2.05) is 31.2 Å². The van der Waals surface area contributed by atoms with Gasteiger partial charge in [0.25, 0.3) is 5.69 Å². The lowest BCUT2D eigenvalue weighted by Gasteiger charge is -2.06. The normalized spacial score (nSPS) is 10.9. The van der Waals surface area contributed by atoms with Gasteiger partial charge in [-0.1, -0.05) is 29.5 Å². The molecule has 0 saturated carbocycles. The molecule has 0 aliphatic carbocycles. The third-order valence-corrected chi connectivity index (χ3v) is 5.28. The van der Waals surface area contributed by atoms with E-state index in [4.69, 9.17) is 4.74 Å². The number of ether oxygens (including phenoxy) is 1. The number of hydrogen-bond acceptors (Lipinski definition) is 6. The van der Waals surface area contributed by atoms with Gasteiger partial charge in [0.1, 0.15) is 0 Å². The molecular formula is C23H20N2O4S. The standard InChI is InChI=1S/C23H20N2O4S/c1-3-29-23(26)17-6-8-19(9-7-17)24-15-18-14-20(25(27)28)10-13-22(18)30-21-11-4-16(2)5-12-21/h4-15H,3H2,1-2H3. The molecule has 0 spiro atoms. The van der Waals surface area contributed by atoms with Crippen molar-refractivity contribution in [3.05, 3.63) is 93.5 Å². The Morgan fingerprint density at radius 2 is 1.80 bits per heavy atom. The van der Waals surface area contributed by atoms with Crippen LogP contribution in [0.15, 0.2) is 81.5 Å². The van der Waals surface area contributed by atoms with Crippen LogP contribution in [0.2, 0.25) is 0 Å². The summed E-state index contributed by atoms with van der Waals surface area (Å²) < 4.78 is 4.97. The van der Waals surface area contributed by atoms with Gasteiger partial charge in [0, 0.05) is 33.7 Å². The fourth-order valence-corrected chi connectivity index (χ4v) is 3.51. The van der Waals surface area contributed by atoms with Crippen molar-refractivity contribution in [2.24, 2.45) is 4.99 Å². The van der Waals surface area contributed by atoms with E-state index in [1.165, 1.54) is 23.9 Å². The number of hydrogen-bond donors (Lipinski definition) is 0. The Morgan fingerprint density at radius 3 is 2.43 bits per heavy atom. The van der Waals surface area contributed by atoms with Crippen molar-refractivity contribution in [1.29, 1.82) is 0 Å². The molecule has 0 bridgehead atoms. The van der Waals surface area contributed by atoms with Crippen LogP contribution in [0.25, 0.3) is 0 Å². The van der Waals surface area contributed by atoms with Gasteiger partial charge >= 0.3 is 5.97 Å². The lowest BCUT2D eigenvalue weighted by molar-refractivity contribution is -0.384. The van der Waals surface area contributed by atoms with Crippen molar-refractivity contribution < 1.29 is 14.5 Å². The number of carbonyl (C=O) groups excluding carboxylic acids is 1. The molecule has 3 aromatic carbocycles. The molecule has 0 atom stereocenters. The van der Waals surface area contributed by atoms with E-state index < -0.39 is 4.92 Å². The van der Waals surface area contributed by atoms with Gasteiger partial charge in [-0.2, -0.15) is 0 Å². The van der Waals surface area contributed by atoms with Crippen LogP contribution in [0.5, 0.6) is 0 Å². The van der Waals surface area contributed by atoms with E-state index in [0.29, 0.717) is 23.4 Å². The number of rotatable bonds is 7. The largest absolute Gasteiger partial charge is 0.462 e.